The van der Waals surface area contributed by atoms with Crippen LogP contribution in [0.15, 0.2) is 87.5 Å². The molecule has 0 spiro atoms. The molecule has 2 fully saturated rings. The third-order valence-corrected chi connectivity index (χ3v) is 11.3. The van der Waals surface area contributed by atoms with Crippen molar-refractivity contribution in [3.63, 3.8) is 0 Å². The Balaban J connectivity index is 1.51. The van der Waals surface area contributed by atoms with Crippen LogP contribution >= 0.6 is 0 Å². The van der Waals surface area contributed by atoms with E-state index < -0.39 is 60.9 Å². The summed E-state index contributed by atoms with van der Waals surface area (Å²) in [7, 11) is -13.4. The van der Waals surface area contributed by atoms with E-state index >= 15 is 0 Å². The van der Waals surface area contributed by atoms with Crippen molar-refractivity contribution in [1.82, 2.24) is 0 Å². The van der Waals surface area contributed by atoms with Crippen molar-refractivity contribution in [2.24, 2.45) is 0 Å². The molecule has 2 heterocycles. The zero-order chi connectivity index (χ0) is 33.1. The molecule has 250 valence electrons. The van der Waals surface area contributed by atoms with Crippen LogP contribution in [-0.2, 0) is 61.9 Å². The first-order chi connectivity index (χ1) is 21.7. The Morgan fingerprint density at radius 1 is 0.543 bits per heavy atom. The second-order valence-electron chi connectivity index (χ2n) is 10.9. The topological polar surface area (TPSA) is 167 Å². The quantitative estimate of drug-likeness (QED) is 0.269. The second-order valence-corrected chi connectivity index (χ2v) is 15.6. The van der Waals surface area contributed by atoms with Gasteiger partial charge in [-0.2, -0.15) is 25.3 Å². The summed E-state index contributed by atoms with van der Waals surface area (Å²) < 4.78 is 119. The van der Waals surface area contributed by atoms with Gasteiger partial charge in [0.25, 0.3) is 30.4 Å². The molecule has 0 aromatic heterocycles. The first kappa shape index (κ1) is 34.6. The molecule has 0 aliphatic carbocycles. The number of hydrogen-bond donors (Lipinski definition) is 0. The Kier molecular flexibility index (Phi) is 10.6. The maximum Gasteiger partial charge on any atom is 0.297 e. The summed E-state index contributed by atoms with van der Waals surface area (Å²) in [5.41, 5.74) is 2.43. The molecule has 5 atom stereocenters. The van der Waals surface area contributed by atoms with Gasteiger partial charge < -0.3 is 18.9 Å². The van der Waals surface area contributed by atoms with Crippen LogP contribution in [0.1, 0.15) is 16.7 Å². The Hall–Kier alpha value is -2.77. The SMILES string of the molecule is Cc1ccc(S(=O)(=O)OC([C@H]2OCOC[C@H]2OS(=O)(=O)c2ccc(C)cc2)[C@@H]2OCOC[C@@H]2OS(=O)(=O)c2ccc(C)cc2)cc1. The first-order valence-corrected chi connectivity index (χ1v) is 18.4. The van der Waals surface area contributed by atoms with E-state index in [0.717, 1.165) is 16.7 Å². The summed E-state index contributed by atoms with van der Waals surface area (Å²) in [5, 5.41) is 0. The highest BCUT2D eigenvalue weighted by Crippen LogP contribution is 2.32. The Labute approximate surface area is 268 Å². The van der Waals surface area contributed by atoms with Gasteiger partial charge in [-0.1, -0.05) is 53.1 Å². The van der Waals surface area contributed by atoms with Crippen molar-refractivity contribution in [2.75, 3.05) is 26.8 Å². The standard InChI is InChI=1S/C30H34O13S3/c1-20-4-10-23(11-5-20)44(31,32)41-26-16-37-18-39-28(26)30(43-46(35,36)25-14-8-22(3)9-15-25)29-27(17-38-19-40-29)42-45(33,34)24-12-6-21(2)7-13-24/h4-15,26-30H,16-19H2,1-3H3/t26-,27+,28+,29-,30?. The molecule has 2 saturated heterocycles. The Morgan fingerprint density at radius 3 is 1.22 bits per heavy atom. The van der Waals surface area contributed by atoms with Gasteiger partial charge in [-0.25, -0.2) is 0 Å². The molecule has 46 heavy (non-hydrogen) atoms. The van der Waals surface area contributed by atoms with Crippen LogP contribution in [0.2, 0.25) is 0 Å². The number of benzene rings is 3. The Morgan fingerprint density at radius 2 is 0.870 bits per heavy atom. The number of hydrogen-bond acceptors (Lipinski definition) is 13. The fraction of sp³-hybridized carbons (Fsp3) is 0.400. The van der Waals surface area contributed by atoms with E-state index in [2.05, 4.69) is 0 Å². The van der Waals surface area contributed by atoms with Gasteiger partial charge in [0.1, 0.15) is 44.1 Å². The van der Waals surface area contributed by atoms with Gasteiger partial charge in [-0.15, -0.1) is 0 Å². The third kappa shape index (κ3) is 8.20. The van der Waals surface area contributed by atoms with E-state index in [1.165, 1.54) is 36.4 Å². The number of ether oxygens (including phenoxy) is 4. The predicted octanol–water partition coefficient (Wildman–Crippen LogP) is 2.98. The highest BCUT2D eigenvalue weighted by molar-refractivity contribution is 7.87. The molecular formula is C30H34O13S3. The summed E-state index contributed by atoms with van der Waals surface area (Å²) in [6, 6.07) is 17.6. The second kappa shape index (κ2) is 14.1. The van der Waals surface area contributed by atoms with Crippen molar-refractivity contribution in [3.05, 3.63) is 89.5 Å². The van der Waals surface area contributed by atoms with Gasteiger partial charge in [-0.05, 0) is 57.2 Å². The fourth-order valence-corrected chi connectivity index (χ4v) is 8.05. The average Bonchev–Trinajstić information content (AvgIpc) is 3.01. The molecule has 0 amide bonds. The molecule has 5 rings (SSSR count). The lowest BCUT2D eigenvalue weighted by Gasteiger charge is -2.41. The smallest absolute Gasteiger partial charge is 0.297 e. The van der Waals surface area contributed by atoms with E-state index in [0.29, 0.717) is 0 Å². The molecule has 2 aliphatic heterocycles. The zero-order valence-corrected chi connectivity index (χ0v) is 27.6. The summed E-state index contributed by atoms with van der Waals surface area (Å²) in [4.78, 5) is -0.517. The van der Waals surface area contributed by atoms with E-state index in [1.807, 2.05) is 0 Å². The fourth-order valence-electron chi connectivity index (χ4n) is 4.81. The van der Waals surface area contributed by atoms with E-state index in [9.17, 15) is 25.3 Å². The van der Waals surface area contributed by atoms with Crippen molar-refractivity contribution in [2.45, 2.75) is 66.0 Å². The molecule has 0 saturated carbocycles. The molecule has 3 aromatic rings. The summed E-state index contributed by atoms with van der Waals surface area (Å²) >= 11 is 0. The van der Waals surface area contributed by atoms with Crippen LogP contribution in [0.3, 0.4) is 0 Å². The van der Waals surface area contributed by atoms with Crippen LogP contribution in [0, 0.1) is 20.8 Å². The zero-order valence-electron chi connectivity index (χ0n) is 25.2. The van der Waals surface area contributed by atoms with Gasteiger partial charge in [0.15, 0.2) is 0 Å². The van der Waals surface area contributed by atoms with Crippen LogP contribution in [0.25, 0.3) is 0 Å². The maximum atomic E-state index is 13.6. The van der Waals surface area contributed by atoms with E-state index in [4.69, 9.17) is 31.5 Å². The highest BCUT2D eigenvalue weighted by Gasteiger charge is 2.49. The van der Waals surface area contributed by atoms with Crippen molar-refractivity contribution in [3.8, 4) is 0 Å². The lowest BCUT2D eigenvalue weighted by molar-refractivity contribution is -0.257. The number of aryl methyl sites for hydroxylation is 3. The third-order valence-electron chi connectivity index (χ3n) is 7.30. The summed E-state index contributed by atoms with van der Waals surface area (Å²) in [6.45, 7) is 3.92. The summed E-state index contributed by atoms with van der Waals surface area (Å²) in [6.07, 6.45) is -7.52. The minimum atomic E-state index is -4.57. The molecule has 0 bridgehead atoms. The largest absolute Gasteiger partial charge is 0.353 e. The van der Waals surface area contributed by atoms with E-state index in [-0.39, 0.29) is 41.5 Å². The van der Waals surface area contributed by atoms with Gasteiger partial charge in [0.2, 0.25) is 0 Å². The van der Waals surface area contributed by atoms with Crippen LogP contribution in [0.5, 0.6) is 0 Å². The van der Waals surface area contributed by atoms with Crippen LogP contribution in [-0.4, -0.2) is 82.6 Å². The minimum absolute atomic E-state index is 0.153. The molecule has 2 aliphatic rings. The molecule has 1 unspecified atom stereocenters. The van der Waals surface area contributed by atoms with Crippen molar-refractivity contribution < 1.29 is 56.8 Å². The Bertz CT molecular complexity index is 1710. The van der Waals surface area contributed by atoms with Crippen molar-refractivity contribution >= 4 is 30.4 Å². The normalized spacial score (nSPS) is 23.5. The monoisotopic (exact) mass is 698 g/mol. The molecule has 0 N–H and O–H groups in total. The lowest BCUT2D eigenvalue weighted by Crippen LogP contribution is -2.59. The van der Waals surface area contributed by atoms with Crippen LogP contribution < -0.4 is 0 Å². The predicted molar refractivity (Wildman–Crippen MR) is 161 cm³/mol. The highest BCUT2D eigenvalue weighted by atomic mass is 32.2. The van der Waals surface area contributed by atoms with Gasteiger partial charge in [0.05, 0.1) is 27.9 Å². The molecule has 3 aromatic carbocycles. The van der Waals surface area contributed by atoms with Crippen LogP contribution in [0.4, 0.5) is 0 Å². The molecule has 16 heteroatoms. The van der Waals surface area contributed by atoms with Crippen molar-refractivity contribution in [1.29, 1.82) is 0 Å². The maximum absolute atomic E-state index is 13.6. The van der Waals surface area contributed by atoms with Gasteiger partial charge in [-0.3, -0.25) is 12.5 Å². The first-order valence-electron chi connectivity index (χ1n) is 14.1. The minimum Gasteiger partial charge on any atom is -0.353 e. The number of rotatable bonds is 11. The average molecular weight is 699 g/mol. The van der Waals surface area contributed by atoms with Gasteiger partial charge in [0, 0.05) is 0 Å². The molecular weight excluding hydrogens is 665 g/mol. The molecule has 13 nitrogen and oxygen atoms in total. The lowest BCUT2D eigenvalue weighted by atomic mass is 9.98. The molecule has 0 radical (unpaired) electrons. The van der Waals surface area contributed by atoms with Gasteiger partial charge >= 0.3 is 0 Å². The van der Waals surface area contributed by atoms with E-state index in [1.54, 1.807) is 57.2 Å². The summed E-state index contributed by atoms with van der Waals surface area (Å²) in [5.74, 6) is 0.